The molecule has 1 N–H and O–H groups in total. The van der Waals surface area contributed by atoms with Crippen LogP contribution in [-0.2, 0) is 11.3 Å². The molecule has 0 fully saturated rings. The molecule has 10 heteroatoms. The summed E-state index contributed by atoms with van der Waals surface area (Å²) in [5.74, 6) is -0.755. The maximum absolute atomic E-state index is 12.3. The van der Waals surface area contributed by atoms with Crippen molar-refractivity contribution in [3.05, 3.63) is 21.8 Å². The van der Waals surface area contributed by atoms with Gasteiger partial charge in [-0.25, -0.2) is 4.98 Å². The summed E-state index contributed by atoms with van der Waals surface area (Å²) >= 11 is 2.24. The Morgan fingerprint density at radius 2 is 2.22 bits per heavy atom. The van der Waals surface area contributed by atoms with Gasteiger partial charge in [-0.05, 0) is 25.3 Å². The molecule has 126 valence electrons. The molecule has 0 saturated heterocycles. The van der Waals surface area contributed by atoms with Crippen LogP contribution < -0.4 is 10.9 Å². The highest BCUT2D eigenvalue weighted by atomic mass is 32.2. The molecule has 0 saturated carbocycles. The molecule has 0 aliphatic rings. The smallest absolute Gasteiger partial charge is 0.346 e. The van der Waals surface area contributed by atoms with Crippen LogP contribution >= 0.6 is 23.1 Å². The number of aromatic nitrogens is 2. The minimum atomic E-state index is -4.46. The third kappa shape index (κ3) is 4.25. The number of hydrogen-bond donors (Lipinski definition) is 1. The first-order valence-corrected chi connectivity index (χ1v) is 8.48. The fourth-order valence-corrected chi connectivity index (χ4v) is 3.61. The van der Waals surface area contributed by atoms with Gasteiger partial charge in [-0.15, -0.1) is 11.3 Å². The molecule has 2 aromatic heterocycles. The van der Waals surface area contributed by atoms with Gasteiger partial charge in [0.25, 0.3) is 5.56 Å². The lowest BCUT2D eigenvalue weighted by molar-refractivity contribution is -0.137. The number of thiophene rings is 1. The normalized spacial score (nSPS) is 13.3. The number of rotatable bonds is 5. The second-order valence-electron chi connectivity index (χ2n) is 4.67. The van der Waals surface area contributed by atoms with Crippen LogP contribution in [0.15, 0.2) is 21.4 Å². The van der Waals surface area contributed by atoms with Gasteiger partial charge in [0.05, 0.1) is 10.8 Å². The van der Waals surface area contributed by atoms with Gasteiger partial charge in [-0.2, -0.15) is 13.2 Å². The van der Waals surface area contributed by atoms with Gasteiger partial charge in [-0.3, -0.25) is 14.2 Å². The Bertz CT molecular complexity index is 770. The van der Waals surface area contributed by atoms with Crippen LogP contribution in [0.25, 0.3) is 10.2 Å². The maximum Gasteiger partial charge on any atom is 0.405 e. The highest BCUT2D eigenvalue weighted by Crippen LogP contribution is 2.24. The zero-order chi connectivity index (χ0) is 17.2. The van der Waals surface area contributed by atoms with Crippen LogP contribution in [0.5, 0.6) is 0 Å². The molecule has 0 spiro atoms. The Hall–Kier alpha value is -1.55. The molecule has 1 unspecified atom stereocenters. The predicted molar refractivity (Wildman–Crippen MR) is 83.9 cm³/mol. The molecule has 0 radical (unpaired) electrons. The highest BCUT2D eigenvalue weighted by molar-refractivity contribution is 8.00. The van der Waals surface area contributed by atoms with E-state index >= 15 is 0 Å². The molecule has 2 aromatic rings. The number of nitrogens with one attached hydrogen (secondary N) is 1. The molecule has 23 heavy (non-hydrogen) atoms. The number of nitrogens with zero attached hydrogens (tertiary/aromatic N) is 2. The van der Waals surface area contributed by atoms with Crippen molar-refractivity contribution in [1.29, 1.82) is 0 Å². The fraction of sp³-hybridized carbons (Fsp3) is 0.462. The molecule has 0 aliphatic heterocycles. The molecule has 1 atom stereocenters. The Morgan fingerprint density at radius 3 is 2.83 bits per heavy atom. The maximum atomic E-state index is 12.3. The van der Waals surface area contributed by atoms with E-state index in [0.29, 0.717) is 21.9 Å². The van der Waals surface area contributed by atoms with E-state index in [0.717, 1.165) is 11.8 Å². The van der Waals surface area contributed by atoms with Crippen molar-refractivity contribution in [1.82, 2.24) is 14.9 Å². The second-order valence-corrected chi connectivity index (χ2v) is 6.90. The topological polar surface area (TPSA) is 64.0 Å². The van der Waals surface area contributed by atoms with Crippen molar-refractivity contribution in [3.8, 4) is 0 Å². The molecular weight excluding hydrogens is 351 g/mol. The molecule has 1 amide bonds. The van der Waals surface area contributed by atoms with Gasteiger partial charge in [0.15, 0.2) is 5.16 Å². The van der Waals surface area contributed by atoms with Crippen LogP contribution in [0.2, 0.25) is 0 Å². The van der Waals surface area contributed by atoms with Gasteiger partial charge in [0.1, 0.15) is 11.2 Å². The van der Waals surface area contributed by atoms with E-state index in [9.17, 15) is 22.8 Å². The van der Waals surface area contributed by atoms with Gasteiger partial charge >= 0.3 is 6.18 Å². The predicted octanol–water partition coefficient (Wildman–Crippen LogP) is 2.64. The number of carbonyl (C=O) groups excluding carboxylic acids is 1. The van der Waals surface area contributed by atoms with Gasteiger partial charge < -0.3 is 5.32 Å². The zero-order valence-corrected chi connectivity index (χ0v) is 13.9. The summed E-state index contributed by atoms with van der Waals surface area (Å²) in [5, 5.41) is 3.08. The third-order valence-electron chi connectivity index (χ3n) is 2.96. The first-order valence-electron chi connectivity index (χ1n) is 6.72. The van der Waals surface area contributed by atoms with Crippen LogP contribution in [-0.4, -0.2) is 33.4 Å². The fourth-order valence-electron chi connectivity index (χ4n) is 1.83. The van der Waals surface area contributed by atoms with E-state index in [2.05, 4.69) is 4.98 Å². The Labute approximate surface area is 137 Å². The third-order valence-corrected chi connectivity index (χ3v) is 4.94. The molecule has 0 aromatic carbocycles. The summed E-state index contributed by atoms with van der Waals surface area (Å²) in [6.07, 6.45) is -4.46. The average molecular weight is 365 g/mol. The molecule has 2 heterocycles. The standard InChI is InChI=1S/C13H14F3N3O2S2/c1-3-19-11(21)9-8(4-5-22-9)18-12(19)23-7(2)10(20)17-6-13(14,15)16/h4-5,7H,3,6H2,1-2H3,(H,17,20). The average Bonchev–Trinajstić information content (AvgIpc) is 2.92. The summed E-state index contributed by atoms with van der Waals surface area (Å²) < 4.78 is 38.3. The first kappa shape index (κ1) is 17.8. The summed E-state index contributed by atoms with van der Waals surface area (Å²) in [6.45, 7) is 2.22. The lowest BCUT2D eigenvalue weighted by Crippen LogP contribution is -2.38. The summed E-state index contributed by atoms with van der Waals surface area (Å²) in [4.78, 5) is 28.4. The Morgan fingerprint density at radius 1 is 1.52 bits per heavy atom. The summed E-state index contributed by atoms with van der Waals surface area (Å²) in [5.41, 5.74) is 0.313. The minimum absolute atomic E-state index is 0.210. The van der Waals surface area contributed by atoms with Crippen molar-refractivity contribution < 1.29 is 18.0 Å². The number of amides is 1. The van der Waals surface area contributed by atoms with E-state index in [-0.39, 0.29) is 5.56 Å². The highest BCUT2D eigenvalue weighted by Gasteiger charge is 2.29. The van der Waals surface area contributed by atoms with Crippen LogP contribution in [0, 0.1) is 0 Å². The molecular formula is C13H14F3N3O2S2. The van der Waals surface area contributed by atoms with Crippen LogP contribution in [0.3, 0.4) is 0 Å². The van der Waals surface area contributed by atoms with Gasteiger partial charge in [0.2, 0.25) is 5.91 Å². The van der Waals surface area contributed by atoms with E-state index in [4.69, 9.17) is 0 Å². The molecule has 0 aliphatic carbocycles. The van der Waals surface area contributed by atoms with Gasteiger partial charge in [-0.1, -0.05) is 11.8 Å². The molecule has 2 rings (SSSR count). The zero-order valence-electron chi connectivity index (χ0n) is 12.3. The van der Waals surface area contributed by atoms with Gasteiger partial charge in [0, 0.05) is 6.54 Å². The Kier molecular flexibility index (Phi) is 5.35. The lowest BCUT2D eigenvalue weighted by atomic mass is 10.4. The number of fused-ring (bicyclic) bond motifs is 1. The summed E-state index contributed by atoms with van der Waals surface area (Å²) in [7, 11) is 0. The Balaban J connectivity index is 2.20. The van der Waals surface area contributed by atoms with E-state index in [1.165, 1.54) is 22.8 Å². The molecule has 0 bridgehead atoms. The van der Waals surface area contributed by atoms with E-state index in [1.807, 2.05) is 5.32 Å². The number of alkyl halides is 3. The number of hydrogen-bond acceptors (Lipinski definition) is 5. The van der Waals surface area contributed by atoms with Crippen molar-refractivity contribution in [3.63, 3.8) is 0 Å². The monoisotopic (exact) mass is 365 g/mol. The van der Waals surface area contributed by atoms with E-state index in [1.54, 1.807) is 18.4 Å². The van der Waals surface area contributed by atoms with Crippen LogP contribution in [0.4, 0.5) is 13.2 Å². The van der Waals surface area contributed by atoms with Crippen molar-refractivity contribution in [2.24, 2.45) is 0 Å². The quantitative estimate of drug-likeness (QED) is 0.654. The second kappa shape index (κ2) is 6.91. The summed E-state index contributed by atoms with van der Waals surface area (Å²) in [6, 6.07) is 1.69. The largest absolute Gasteiger partial charge is 0.405 e. The number of carbonyl (C=O) groups is 1. The SMILES string of the molecule is CCn1c(SC(C)C(=O)NCC(F)(F)F)nc2ccsc2c1=O. The van der Waals surface area contributed by atoms with Crippen LogP contribution in [0.1, 0.15) is 13.8 Å². The van der Waals surface area contributed by atoms with Crippen molar-refractivity contribution in [2.45, 2.75) is 37.0 Å². The van der Waals surface area contributed by atoms with E-state index < -0.39 is 23.9 Å². The lowest BCUT2D eigenvalue weighted by Gasteiger charge is -2.15. The number of thioether (sulfide) groups is 1. The minimum Gasteiger partial charge on any atom is -0.346 e. The number of halogens is 3. The first-order chi connectivity index (χ1) is 10.7. The molecule has 5 nitrogen and oxygen atoms in total. The van der Waals surface area contributed by atoms with Crippen molar-refractivity contribution in [2.75, 3.05) is 6.54 Å². The van der Waals surface area contributed by atoms with Crippen molar-refractivity contribution >= 4 is 39.2 Å².